The summed E-state index contributed by atoms with van der Waals surface area (Å²) in [5.41, 5.74) is 0.180. The maximum Gasteiger partial charge on any atom is 0.330 e. The molecule has 0 atom stereocenters. The minimum Gasteiger partial charge on any atom is -0.337 e. The van der Waals surface area contributed by atoms with Crippen LogP contribution in [0.1, 0.15) is 15.9 Å². The molecule has 0 bridgehead atoms. The topological polar surface area (TPSA) is 64.3 Å². The van der Waals surface area contributed by atoms with Crippen molar-refractivity contribution in [3.8, 4) is 0 Å². The van der Waals surface area contributed by atoms with E-state index >= 15 is 0 Å². The monoisotopic (exact) mass is 287 g/mol. The third-order valence-electron chi connectivity index (χ3n) is 3.29. The van der Waals surface area contributed by atoms with E-state index in [1.807, 2.05) is 6.07 Å². The zero-order valence-electron chi connectivity index (χ0n) is 12.2. The lowest BCUT2D eigenvalue weighted by atomic mass is 10.2. The molecule has 2 rings (SSSR count). The molecule has 1 aromatic carbocycles. The Morgan fingerprint density at radius 3 is 2.38 bits per heavy atom. The van der Waals surface area contributed by atoms with E-state index in [9.17, 15) is 14.4 Å². The van der Waals surface area contributed by atoms with Crippen LogP contribution in [0.5, 0.6) is 0 Å². The van der Waals surface area contributed by atoms with Crippen LogP contribution in [0, 0.1) is 0 Å². The summed E-state index contributed by atoms with van der Waals surface area (Å²) in [7, 11) is 4.62. The molecular formula is C15H17N3O3. The number of rotatable bonds is 3. The van der Waals surface area contributed by atoms with Crippen molar-refractivity contribution >= 4 is 5.91 Å². The predicted octanol–water partition coefficient (Wildman–Crippen LogP) is 0.356. The Morgan fingerprint density at radius 1 is 1.14 bits per heavy atom. The molecule has 0 unspecified atom stereocenters. The highest BCUT2D eigenvalue weighted by Crippen LogP contribution is 2.05. The van der Waals surface area contributed by atoms with E-state index in [1.165, 1.54) is 22.7 Å². The van der Waals surface area contributed by atoms with Crippen molar-refractivity contribution in [1.29, 1.82) is 0 Å². The van der Waals surface area contributed by atoms with Gasteiger partial charge in [-0.25, -0.2) is 4.79 Å². The number of aryl methyl sites for hydroxylation is 1. The van der Waals surface area contributed by atoms with E-state index in [4.69, 9.17) is 0 Å². The maximum absolute atomic E-state index is 12.2. The van der Waals surface area contributed by atoms with Crippen LogP contribution in [0.4, 0.5) is 0 Å². The van der Waals surface area contributed by atoms with Crippen LogP contribution >= 0.6 is 0 Å². The summed E-state index contributed by atoms with van der Waals surface area (Å²) < 4.78 is 2.37. The second-order valence-electron chi connectivity index (χ2n) is 4.94. The van der Waals surface area contributed by atoms with Crippen molar-refractivity contribution in [1.82, 2.24) is 14.0 Å². The Bertz CT molecular complexity index is 775. The van der Waals surface area contributed by atoms with Crippen LogP contribution in [0.15, 0.2) is 46.1 Å². The first-order valence-corrected chi connectivity index (χ1v) is 6.48. The first kappa shape index (κ1) is 14.8. The maximum atomic E-state index is 12.2. The number of amides is 1. The molecule has 0 fully saturated rings. The molecular weight excluding hydrogens is 270 g/mol. The van der Waals surface area contributed by atoms with Gasteiger partial charge in [-0.2, -0.15) is 0 Å². The third-order valence-corrected chi connectivity index (χ3v) is 3.29. The number of hydrogen-bond donors (Lipinski definition) is 0. The normalized spacial score (nSPS) is 10.4. The van der Waals surface area contributed by atoms with Crippen molar-refractivity contribution < 1.29 is 4.79 Å². The van der Waals surface area contributed by atoms with Crippen LogP contribution in [-0.4, -0.2) is 27.0 Å². The molecule has 2 aromatic rings. The Labute approximate surface area is 121 Å². The van der Waals surface area contributed by atoms with Crippen molar-refractivity contribution in [2.24, 2.45) is 14.1 Å². The van der Waals surface area contributed by atoms with Crippen LogP contribution in [-0.2, 0) is 20.6 Å². The number of carbonyl (C=O) groups excluding carboxylic acids is 1. The summed E-state index contributed by atoms with van der Waals surface area (Å²) >= 11 is 0. The van der Waals surface area contributed by atoms with Gasteiger partial charge in [0.2, 0.25) is 0 Å². The first-order chi connectivity index (χ1) is 9.91. The van der Waals surface area contributed by atoms with Gasteiger partial charge in [-0.1, -0.05) is 18.2 Å². The van der Waals surface area contributed by atoms with Gasteiger partial charge >= 0.3 is 5.69 Å². The first-order valence-electron chi connectivity index (χ1n) is 6.48. The highest BCUT2D eigenvalue weighted by Gasteiger charge is 2.14. The summed E-state index contributed by atoms with van der Waals surface area (Å²) in [6.45, 7) is 0.147. The van der Waals surface area contributed by atoms with Crippen molar-refractivity contribution in [2.45, 2.75) is 6.54 Å². The minimum absolute atomic E-state index is 0.147. The van der Waals surface area contributed by atoms with Crippen LogP contribution in [0.2, 0.25) is 0 Å². The molecule has 0 aliphatic carbocycles. The molecule has 0 saturated carbocycles. The highest BCUT2D eigenvalue weighted by molar-refractivity contribution is 5.93. The molecule has 21 heavy (non-hydrogen) atoms. The third kappa shape index (κ3) is 2.94. The van der Waals surface area contributed by atoms with Gasteiger partial charge in [0, 0.05) is 32.9 Å². The molecule has 6 nitrogen and oxygen atoms in total. The zero-order valence-corrected chi connectivity index (χ0v) is 12.2. The predicted molar refractivity (Wildman–Crippen MR) is 79.2 cm³/mol. The van der Waals surface area contributed by atoms with Gasteiger partial charge in [0.1, 0.15) is 0 Å². The fraction of sp³-hybridized carbons (Fsp3) is 0.267. The summed E-state index contributed by atoms with van der Waals surface area (Å²) in [6, 6.07) is 8.84. The lowest BCUT2D eigenvalue weighted by Gasteiger charge is -2.17. The molecule has 0 aliphatic heterocycles. The van der Waals surface area contributed by atoms with Gasteiger partial charge in [0.05, 0.1) is 12.1 Å². The minimum atomic E-state index is -0.388. The summed E-state index contributed by atoms with van der Waals surface area (Å²) in [4.78, 5) is 37.4. The molecule has 1 amide bonds. The molecule has 0 radical (unpaired) electrons. The molecule has 1 heterocycles. The number of benzene rings is 1. The Morgan fingerprint density at radius 2 is 1.76 bits per heavy atom. The second kappa shape index (κ2) is 5.78. The Kier molecular flexibility index (Phi) is 4.07. The molecule has 0 saturated heterocycles. The highest BCUT2D eigenvalue weighted by atomic mass is 16.2. The van der Waals surface area contributed by atoms with E-state index in [1.54, 1.807) is 38.4 Å². The summed E-state index contributed by atoms with van der Waals surface area (Å²) in [5, 5.41) is 0. The van der Waals surface area contributed by atoms with E-state index < -0.39 is 0 Å². The van der Waals surface area contributed by atoms with E-state index in [0.29, 0.717) is 11.1 Å². The molecule has 0 aliphatic rings. The quantitative estimate of drug-likeness (QED) is 0.818. The SMILES string of the molecule is CN(Cc1cn(C)c(=O)n(C)c1=O)C(=O)c1ccccc1. The van der Waals surface area contributed by atoms with Gasteiger partial charge in [0.25, 0.3) is 11.5 Å². The van der Waals surface area contributed by atoms with Crippen molar-refractivity contribution in [3.05, 3.63) is 68.5 Å². The van der Waals surface area contributed by atoms with Crippen molar-refractivity contribution in [3.63, 3.8) is 0 Å². The lowest BCUT2D eigenvalue weighted by molar-refractivity contribution is 0.0784. The summed E-state index contributed by atoms with van der Waals surface area (Å²) in [5.74, 6) is -0.175. The summed E-state index contributed by atoms with van der Waals surface area (Å²) in [6.07, 6.45) is 1.47. The van der Waals surface area contributed by atoms with Gasteiger partial charge < -0.3 is 9.47 Å². The van der Waals surface area contributed by atoms with Gasteiger partial charge in [-0.3, -0.25) is 14.2 Å². The van der Waals surface area contributed by atoms with Crippen molar-refractivity contribution in [2.75, 3.05) is 7.05 Å². The number of aromatic nitrogens is 2. The van der Waals surface area contributed by atoms with E-state index in [0.717, 1.165) is 4.57 Å². The molecule has 110 valence electrons. The molecule has 0 spiro atoms. The number of nitrogens with zero attached hydrogens (tertiary/aromatic N) is 3. The van der Waals surface area contributed by atoms with Gasteiger partial charge in [-0.15, -0.1) is 0 Å². The van der Waals surface area contributed by atoms with Crippen LogP contribution in [0.25, 0.3) is 0 Å². The zero-order chi connectivity index (χ0) is 15.6. The standard InChI is InChI=1S/C15H17N3O3/c1-16(13(19)11-7-5-4-6-8-11)9-12-10-17(2)15(21)18(3)14(12)20/h4-8,10H,9H2,1-3H3. The Hall–Kier alpha value is -2.63. The largest absolute Gasteiger partial charge is 0.337 e. The second-order valence-corrected chi connectivity index (χ2v) is 4.94. The fourth-order valence-electron chi connectivity index (χ4n) is 2.12. The number of hydrogen-bond acceptors (Lipinski definition) is 3. The van der Waals surface area contributed by atoms with Crippen LogP contribution < -0.4 is 11.2 Å². The average molecular weight is 287 g/mol. The van der Waals surface area contributed by atoms with Crippen LogP contribution in [0.3, 0.4) is 0 Å². The average Bonchev–Trinajstić information content (AvgIpc) is 2.50. The molecule has 6 heteroatoms. The number of carbonyl (C=O) groups is 1. The lowest BCUT2D eigenvalue weighted by Crippen LogP contribution is -2.40. The fourth-order valence-corrected chi connectivity index (χ4v) is 2.12. The van der Waals surface area contributed by atoms with E-state index in [2.05, 4.69) is 0 Å². The van der Waals surface area contributed by atoms with E-state index in [-0.39, 0.29) is 23.7 Å². The van der Waals surface area contributed by atoms with Gasteiger partial charge in [-0.05, 0) is 12.1 Å². The van der Waals surface area contributed by atoms with Gasteiger partial charge in [0.15, 0.2) is 0 Å². The molecule has 1 aromatic heterocycles. The smallest absolute Gasteiger partial charge is 0.330 e. The molecule has 0 N–H and O–H groups in total. The Balaban J connectivity index is 2.29.